The Morgan fingerprint density at radius 3 is 1.07 bits per heavy atom. The predicted octanol–water partition coefficient (Wildman–Crippen LogP) is 16.4. The fraction of sp³-hybridized carbons (Fsp3) is 0.904. The molecule has 0 spiro atoms. The number of carbonyl (C=O) groups is 1. The molecule has 4 nitrogen and oxygen atoms in total. The highest BCUT2D eigenvalue weighted by Crippen LogP contribution is 2.17. The molecule has 0 saturated carbocycles. The van der Waals surface area contributed by atoms with E-state index in [9.17, 15) is 15.0 Å². The van der Waals surface area contributed by atoms with Gasteiger partial charge in [-0.15, -0.1) is 0 Å². The molecule has 0 bridgehead atoms. The molecule has 2 unspecified atom stereocenters. The maximum Gasteiger partial charge on any atom is 0.220 e. The lowest BCUT2D eigenvalue weighted by atomic mass is 10.0. The topological polar surface area (TPSA) is 69.6 Å². The number of rotatable bonds is 47. The normalized spacial score (nSPS) is 13.0. The van der Waals surface area contributed by atoms with Crippen LogP contribution in [0.2, 0.25) is 0 Å². The lowest BCUT2D eigenvalue weighted by Gasteiger charge is -2.22. The maximum absolute atomic E-state index is 12.4. The van der Waals surface area contributed by atoms with Crippen molar-refractivity contribution in [1.82, 2.24) is 5.32 Å². The first kappa shape index (κ1) is 54.9. The van der Waals surface area contributed by atoms with Gasteiger partial charge in [0.05, 0.1) is 18.8 Å². The molecular weight excluding hydrogens is 687 g/mol. The van der Waals surface area contributed by atoms with Crippen molar-refractivity contribution >= 4 is 5.91 Å². The van der Waals surface area contributed by atoms with E-state index in [1.807, 2.05) is 0 Å². The molecule has 0 aliphatic heterocycles. The molecule has 4 heteroatoms. The average Bonchev–Trinajstić information content (AvgIpc) is 3.20. The second-order valence-electron chi connectivity index (χ2n) is 17.6. The smallest absolute Gasteiger partial charge is 0.220 e. The average molecular weight is 788 g/mol. The lowest BCUT2D eigenvalue weighted by Crippen LogP contribution is -2.45. The number of carbonyl (C=O) groups excluding carboxylic acids is 1. The van der Waals surface area contributed by atoms with Crippen molar-refractivity contribution in [2.45, 2.75) is 296 Å². The minimum Gasteiger partial charge on any atom is -0.394 e. The van der Waals surface area contributed by atoms with Crippen LogP contribution in [0.4, 0.5) is 0 Å². The third kappa shape index (κ3) is 44.0. The first-order chi connectivity index (χ1) is 27.7. The van der Waals surface area contributed by atoms with E-state index in [2.05, 4.69) is 43.5 Å². The molecular formula is C52H101NO3. The Morgan fingerprint density at radius 2 is 0.732 bits per heavy atom. The van der Waals surface area contributed by atoms with Crippen molar-refractivity contribution in [3.63, 3.8) is 0 Å². The van der Waals surface area contributed by atoms with Gasteiger partial charge in [0.2, 0.25) is 5.91 Å². The summed E-state index contributed by atoms with van der Waals surface area (Å²) in [6.07, 6.45) is 62.9. The summed E-state index contributed by atoms with van der Waals surface area (Å²) in [5, 5.41) is 23.2. The van der Waals surface area contributed by atoms with Crippen LogP contribution < -0.4 is 5.32 Å². The highest BCUT2D eigenvalue weighted by atomic mass is 16.3. The zero-order valence-corrected chi connectivity index (χ0v) is 38.2. The third-order valence-electron chi connectivity index (χ3n) is 12.0. The molecule has 0 aliphatic carbocycles. The van der Waals surface area contributed by atoms with Gasteiger partial charge in [-0.1, -0.05) is 256 Å². The molecule has 0 aliphatic rings. The molecule has 0 aromatic heterocycles. The second kappa shape index (κ2) is 48.2. The van der Waals surface area contributed by atoms with Crippen LogP contribution in [0.5, 0.6) is 0 Å². The summed E-state index contributed by atoms with van der Waals surface area (Å²) in [7, 11) is 0. The third-order valence-corrected chi connectivity index (χ3v) is 12.0. The van der Waals surface area contributed by atoms with E-state index < -0.39 is 12.1 Å². The lowest BCUT2D eigenvalue weighted by molar-refractivity contribution is -0.123. The number of unbranched alkanes of at least 4 members (excludes halogenated alkanes) is 36. The summed E-state index contributed by atoms with van der Waals surface area (Å²) >= 11 is 0. The molecule has 0 radical (unpaired) electrons. The Hall–Kier alpha value is -1.13. The first-order valence-electron chi connectivity index (χ1n) is 25.5. The fourth-order valence-electron chi connectivity index (χ4n) is 8.04. The molecule has 0 aromatic rings. The van der Waals surface area contributed by atoms with Crippen molar-refractivity contribution in [3.05, 3.63) is 24.3 Å². The monoisotopic (exact) mass is 788 g/mol. The van der Waals surface area contributed by atoms with Gasteiger partial charge in [-0.3, -0.25) is 4.79 Å². The highest BCUT2D eigenvalue weighted by Gasteiger charge is 2.20. The SMILES string of the molecule is CCCCCCCCCCC/C=C\C/C=C\CCCCCCCCCCCCCCCCCC(=O)NC(CO)C(O)CCCCCCCCCCCCCCC. The predicted molar refractivity (Wildman–Crippen MR) is 249 cm³/mol. The van der Waals surface area contributed by atoms with Gasteiger partial charge < -0.3 is 15.5 Å². The number of nitrogens with one attached hydrogen (secondary N) is 1. The van der Waals surface area contributed by atoms with Crippen LogP contribution in [0.1, 0.15) is 284 Å². The fourth-order valence-corrected chi connectivity index (χ4v) is 8.04. The quantitative estimate of drug-likeness (QED) is 0.0425. The van der Waals surface area contributed by atoms with Crippen LogP contribution in [0.15, 0.2) is 24.3 Å². The molecule has 56 heavy (non-hydrogen) atoms. The van der Waals surface area contributed by atoms with Gasteiger partial charge in [0.15, 0.2) is 0 Å². The van der Waals surface area contributed by atoms with Gasteiger partial charge in [0.25, 0.3) is 0 Å². The van der Waals surface area contributed by atoms with Crippen molar-refractivity contribution in [3.8, 4) is 0 Å². The Morgan fingerprint density at radius 1 is 0.429 bits per heavy atom. The van der Waals surface area contributed by atoms with Crippen LogP contribution in [0.25, 0.3) is 0 Å². The van der Waals surface area contributed by atoms with E-state index in [-0.39, 0.29) is 12.5 Å². The van der Waals surface area contributed by atoms with Gasteiger partial charge in [0, 0.05) is 6.42 Å². The van der Waals surface area contributed by atoms with Gasteiger partial charge in [-0.05, 0) is 44.9 Å². The van der Waals surface area contributed by atoms with Crippen LogP contribution in [-0.4, -0.2) is 34.9 Å². The van der Waals surface area contributed by atoms with E-state index >= 15 is 0 Å². The molecule has 0 rings (SSSR count). The Balaban J connectivity index is 3.42. The Kier molecular flexibility index (Phi) is 47.3. The van der Waals surface area contributed by atoms with Crippen LogP contribution in [0.3, 0.4) is 0 Å². The Bertz CT molecular complexity index is 810. The van der Waals surface area contributed by atoms with E-state index in [0.717, 1.165) is 32.1 Å². The van der Waals surface area contributed by atoms with E-state index in [1.54, 1.807) is 0 Å². The molecule has 0 saturated heterocycles. The van der Waals surface area contributed by atoms with Crippen LogP contribution in [0, 0.1) is 0 Å². The van der Waals surface area contributed by atoms with Crippen molar-refractivity contribution in [2.24, 2.45) is 0 Å². The van der Waals surface area contributed by atoms with Gasteiger partial charge >= 0.3 is 0 Å². The summed E-state index contributed by atoms with van der Waals surface area (Å²) in [6, 6.07) is -0.533. The minimum atomic E-state index is -0.656. The summed E-state index contributed by atoms with van der Waals surface area (Å²) in [4.78, 5) is 12.4. The number of hydrogen-bond donors (Lipinski definition) is 3. The summed E-state index contributed by atoms with van der Waals surface area (Å²) < 4.78 is 0. The number of aliphatic hydroxyl groups is 2. The molecule has 3 N–H and O–H groups in total. The largest absolute Gasteiger partial charge is 0.394 e. The molecule has 332 valence electrons. The van der Waals surface area contributed by atoms with E-state index in [1.165, 1.54) is 225 Å². The Labute approximate surface area is 351 Å². The molecule has 0 aromatic carbocycles. The first-order valence-corrected chi connectivity index (χ1v) is 25.5. The summed E-state index contributed by atoms with van der Waals surface area (Å²) in [6.45, 7) is 4.37. The maximum atomic E-state index is 12.4. The molecule has 1 amide bonds. The second-order valence-corrected chi connectivity index (χ2v) is 17.6. The van der Waals surface area contributed by atoms with E-state index in [0.29, 0.717) is 12.8 Å². The van der Waals surface area contributed by atoms with Crippen molar-refractivity contribution < 1.29 is 15.0 Å². The van der Waals surface area contributed by atoms with Crippen LogP contribution >= 0.6 is 0 Å². The molecule has 0 heterocycles. The highest BCUT2D eigenvalue weighted by molar-refractivity contribution is 5.76. The van der Waals surface area contributed by atoms with Gasteiger partial charge in [0.1, 0.15) is 0 Å². The van der Waals surface area contributed by atoms with Gasteiger partial charge in [-0.25, -0.2) is 0 Å². The van der Waals surface area contributed by atoms with Crippen molar-refractivity contribution in [2.75, 3.05) is 6.61 Å². The molecule has 2 atom stereocenters. The van der Waals surface area contributed by atoms with E-state index in [4.69, 9.17) is 0 Å². The zero-order chi connectivity index (χ0) is 40.7. The minimum absolute atomic E-state index is 0.0288. The summed E-state index contributed by atoms with van der Waals surface area (Å²) in [5.74, 6) is -0.0288. The number of amides is 1. The number of allylic oxidation sites excluding steroid dienone is 4. The van der Waals surface area contributed by atoms with Crippen LogP contribution in [-0.2, 0) is 4.79 Å². The molecule has 0 fully saturated rings. The number of aliphatic hydroxyl groups excluding tert-OH is 2. The number of hydrogen-bond acceptors (Lipinski definition) is 3. The standard InChI is InChI=1S/C52H101NO3/c1-3-5-7-9-11-13-15-17-18-19-20-21-22-23-24-25-26-27-28-29-30-31-32-33-34-36-38-40-42-44-46-48-52(56)53-50(49-54)51(55)47-45-43-41-39-37-35-16-14-12-10-8-6-4-2/h20-21,23-24,50-51,54-55H,3-19,22,25-49H2,1-2H3,(H,53,56)/b21-20-,24-23-. The summed E-state index contributed by atoms with van der Waals surface area (Å²) in [5.41, 5.74) is 0. The van der Waals surface area contributed by atoms with Crippen molar-refractivity contribution in [1.29, 1.82) is 0 Å². The van der Waals surface area contributed by atoms with Gasteiger partial charge in [-0.2, -0.15) is 0 Å². The zero-order valence-electron chi connectivity index (χ0n) is 38.2.